The molecule has 1 heterocycles. The number of hydrogen-bond donors (Lipinski definition) is 0. The fourth-order valence-corrected chi connectivity index (χ4v) is 7.67. The predicted molar refractivity (Wildman–Crippen MR) is 108 cm³/mol. The summed E-state index contributed by atoms with van der Waals surface area (Å²) >= 11 is 0. The molecule has 0 aromatic heterocycles. The van der Waals surface area contributed by atoms with Crippen LogP contribution in [-0.2, 0) is 10.0 Å². The van der Waals surface area contributed by atoms with E-state index in [1.807, 2.05) is 39.0 Å². The highest BCUT2D eigenvalue weighted by Crippen LogP contribution is 2.68. The van der Waals surface area contributed by atoms with E-state index in [0.29, 0.717) is 17.4 Å². The van der Waals surface area contributed by atoms with E-state index in [-0.39, 0.29) is 17.4 Å². The van der Waals surface area contributed by atoms with E-state index in [4.69, 9.17) is 0 Å². The molecular weight excluding hydrogens is 342 g/mol. The molecule has 0 radical (unpaired) electrons. The van der Waals surface area contributed by atoms with Crippen molar-refractivity contribution in [2.24, 2.45) is 17.3 Å². The third-order valence-electron chi connectivity index (χ3n) is 6.24. The summed E-state index contributed by atoms with van der Waals surface area (Å²) in [5.41, 5.74) is 3.85. The van der Waals surface area contributed by atoms with E-state index >= 15 is 0 Å². The molecule has 0 amide bonds. The Hall–Kier alpha value is -1.39. The second kappa shape index (κ2) is 6.35. The smallest absolute Gasteiger partial charge is 0.207 e. The van der Waals surface area contributed by atoms with Gasteiger partial charge in [-0.1, -0.05) is 49.8 Å². The van der Waals surface area contributed by atoms with E-state index in [9.17, 15) is 8.42 Å². The number of sulfonamides is 1. The summed E-state index contributed by atoms with van der Waals surface area (Å²) in [6.45, 7) is 18.8. The Morgan fingerprint density at radius 1 is 1.31 bits per heavy atom. The van der Waals surface area contributed by atoms with Crippen LogP contribution in [0.25, 0.3) is 0 Å². The quantitative estimate of drug-likeness (QED) is 0.673. The predicted octanol–water partition coefficient (Wildman–Crippen LogP) is 4.78. The standard InChI is InChI=1S/C22H31NO2S/c1-8-9-18(7)22-12-19(22)13-23(21(22)14(2)3)26(24,25)20-16(5)10-15(4)11-17(20)6/h8,10-11,14,19,21H,1,7,9,12-13H2,2-6H3/t19-,21-,22+/m0/s1. The van der Waals surface area contributed by atoms with Gasteiger partial charge < -0.3 is 0 Å². The maximum atomic E-state index is 13.7. The molecule has 1 aliphatic heterocycles. The third kappa shape index (κ3) is 2.69. The van der Waals surface area contributed by atoms with Gasteiger partial charge in [0.1, 0.15) is 0 Å². The van der Waals surface area contributed by atoms with E-state index < -0.39 is 10.0 Å². The van der Waals surface area contributed by atoms with Gasteiger partial charge in [0.15, 0.2) is 0 Å². The Labute approximate surface area is 158 Å². The molecule has 0 unspecified atom stereocenters. The van der Waals surface area contributed by atoms with Crippen molar-refractivity contribution in [1.29, 1.82) is 0 Å². The van der Waals surface area contributed by atoms with Crippen LogP contribution in [0.2, 0.25) is 0 Å². The lowest BCUT2D eigenvalue weighted by atomic mass is 9.81. The monoisotopic (exact) mass is 373 g/mol. The van der Waals surface area contributed by atoms with E-state index in [1.165, 1.54) is 0 Å². The zero-order chi connectivity index (χ0) is 19.4. The van der Waals surface area contributed by atoms with Gasteiger partial charge in [0, 0.05) is 18.0 Å². The molecule has 1 aromatic carbocycles. The highest BCUT2D eigenvalue weighted by atomic mass is 32.2. The highest BCUT2D eigenvalue weighted by Gasteiger charge is 2.69. The second-order valence-corrected chi connectivity index (χ2v) is 10.4. The third-order valence-corrected chi connectivity index (χ3v) is 8.40. The van der Waals surface area contributed by atoms with Crippen molar-refractivity contribution in [2.75, 3.05) is 6.54 Å². The minimum atomic E-state index is -3.53. The Balaban J connectivity index is 2.07. The average Bonchev–Trinajstić information content (AvgIpc) is 3.11. The van der Waals surface area contributed by atoms with Gasteiger partial charge >= 0.3 is 0 Å². The van der Waals surface area contributed by atoms with Crippen molar-refractivity contribution in [3.8, 4) is 0 Å². The van der Waals surface area contributed by atoms with Crippen molar-refractivity contribution in [3.63, 3.8) is 0 Å². The molecule has 1 aliphatic carbocycles. The van der Waals surface area contributed by atoms with Gasteiger partial charge in [-0.15, -0.1) is 6.58 Å². The van der Waals surface area contributed by atoms with Crippen LogP contribution < -0.4 is 0 Å². The van der Waals surface area contributed by atoms with Crippen molar-refractivity contribution in [3.05, 3.63) is 53.6 Å². The molecule has 26 heavy (non-hydrogen) atoms. The molecule has 0 N–H and O–H groups in total. The van der Waals surface area contributed by atoms with Crippen LogP contribution in [0.3, 0.4) is 0 Å². The van der Waals surface area contributed by atoms with E-state index in [0.717, 1.165) is 35.1 Å². The van der Waals surface area contributed by atoms with Gasteiger partial charge in [-0.25, -0.2) is 8.42 Å². The zero-order valence-electron chi connectivity index (χ0n) is 16.7. The summed E-state index contributed by atoms with van der Waals surface area (Å²) in [7, 11) is -3.53. The van der Waals surface area contributed by atoms with Crippen LogP contribution in [0.15, 0.2) is 41.8 Å². The van der Waals surface area contributed by atoms with Gasteiger partial charge in [0.25, 0.3) is 0 Å². The molecule has 0 spiro atoms. The highest BCUT2D eigenvalue weighted by molar-refractivity contribution is 7.89. The Kier molecular flexibility index (Phi) is 4.73. The molecule has 1 saturated heterocycles. The first-order valence-corrected chi connectivity index (χ1v) is 10.9. The fourth-order valence-electron chi connectivity index (χ4n) is 5.40. The van der Waals surface area contributed by atoms with Gasteiger partial charge in [0.05, 0.1) is 4.90 Å². The first-order chi connectivity index (χ1) is 12.1. The first-order valence-electron chi connectivity index (χ1n) is 9.46. The molecule has 3 atom stereocenters. The topological polar surface area (TPSA) is 37.4 Å². The van der Waals surface area contributed by atoms with Crippen molar-refractivity contribution in [2.45, 2.75) is 58.4 Å². The lowest BCUT2D eigenvalue weighted by Gasteiger charge is -2.36. The van der Waals surface area contributed by atoms with Crippen LogP contribution in [-0.4, -0.2) is 25.3 Å². The van der Waals surface area contributed by atoms with Gasteiger partial charge in [-0.3, -0.25) is 0 Å². The van der Waals surface area contributed by atoms with Gasteiger partial charge in [0.2, 0.25) is 10.0 Å². The molecule has 1 aromatic rings. The summed E-state index contributed by atoms with van der Waals surface area (Å²) in [6.07, 6.45) is 3.70. The Morgan fingerprint density at radius 2 is 1.88 bits per heavy atom. The number of rotatable bonds is 6. The lowest BCUT2D eigenvalue weighted by Crippen LogP contribution is -2.45. The molecule has 0 bridgehead atoms. The van der Waals surface area contributed by atoms with Crippen molar-refractivity contribution in [1.82, 2.24) is 4.31 Å². The van der Waals surface area contributed by atoms with Crippen LogP contribution in [0.5, 0.6) is 0 Å². The molecule has 3 nitrogen and oxygen atoms in total. The average molecular weight is 374 g/mol. The number of allylic oxidation sites excluding steroid dienone is 1. The normalized spacial score (nSPS) is 28.2. The molecular formula is C22H31NO2S. The molecule has 4 heteroatoms. The van der Waals surface area contributed by atoms with Crippen molar-refractivity contribution >= 4 is 10.0 Å². The first kappa shape index (κ1) is 19.4. The van der Waals surface area contributed by atoms with E-state index in [1.54, 1.807) is 4.31 Å². The number of piperidine rings is 1. The Bertz CT molecular complexity index is 845. The molecule has 1 saturated carbocycles. The number of hydrogen-bond acceptors (Lipinski definition) is 2. The fraction of sp³-hybridized carbons (Fsp3) is 0.545. The van der Waals surface area contributed by atoms with Crippen molar-refractivity contribution < 1.29 is 8.42 Å². The lowest BCUT2D eigenvalue weighted by molar-refractivity contribution is 0.238. The number of nitrogens with zero attached hydrogens (tertiary/aromatic N) is 1. The molecule has 142 valence electrons. The summed E-state index contributed by atoms with van der Waals surface area (Å²) in [5, 5.41) is 0. The number of fused-ring (bicyclic) bond motifs is 1. The maximum absolute atomic E-state index is 13.7. The zero-order valence-corrected chi connectivity index (χ0v) is 17.5. The number of aryl methyl sites for hydroxylation is 3. The van der Waals surface area contributed by atoms with Crippen LogP contribution in [0.4, 0.5) is 0 Å². The summed E-state index contributed by atoms with van der Waals surface area (Å²) in [5.74, 6) is 0.632. The van der Waals surface area contributed by atoms with Crippen LogP contribution in [0, 0.1) is 38.0 Å². The van der Waals surface area contributed by atoms with Gasteiger partial charge in [-0.2, -0.15) is 4.31 Å². The largest absolute Gasteiger partial charge is 0.243 e. The summed E-state index contributed by atoms with van der Waals surface area (Å²) < 4.78 is 29.1. The number of benzene rings is 1. The summed E-state index contributed by atoms with van der Waals surface area (Å²) in [4.78, 5) is 0.486. The minimum Gasteiger partial charge on any atom is -0.207 e. The Morgan fingerprint density at radius 3 is 2.38 bits per heavy atom. The van der Waals surface area contributed by atoms with Crippen LogP contribution in [0.1, 0.15) is 43.4 Å². The molecule has 2 fully saturated rings. The SMILES string of the molecule is C=CCC(=C)[C@]12C[C@H]1CN(S(=O)(=O)c1c(C)cc(C)cc1C)[C@H]2C(C)C. The van der Waals surface area contributed by atoms with E-state index in [2.05, 4.69) is 27.0 Å². The summed E-state index contributed by atoms with van der Waals surface area (Å²) in [6, 6.07) is 3.91. The van der Waals surface area contributed by atoms with Gasteiger partial charge in [-0.05, 0) is 56.6 Å². The second-order valence-electron chi connectivity index (χ2n) is 8.53. The minimum absolute atomic E-state index is 0.0231. The maximum Gasteiger partial charge on any atom is 0.243 e. The molecule has 2 aliphatic rings. The molecule has 3 rings (SSSR count). The van der Waals surface area contributed by atoms with Crippen LogP contribution >= 0.6 is 0 Å².